The summed E-state index contributed by atoms with van der Waals surface area (Å²) in [7, 11) is -9.94. The Bertz CT molecular complexity index is 2090. The van der Waals surface area contributed by atoms with Gasteiger partial charge < -0.3 is 33.8 Å². The Balaban J connectivity index is 5.22. The van der Waals surface area contributed by atoms with Gasteiger partial charge in [-0.1, -0.05) is 362 Å². The minimum absolute atomic E-state index is 0.0853. The number of aliphatic hydroxyl groups excluding tert-OH is 1. The van der Waals surface area contributed by atoms with Crippen LogP contribution in [0.2, 0.25) is 0 Å². The summed E-state index contributed by atoms with van der Waals surface area (Å²) in [4.78, 5) is 73.0. The van der Waals surface area contributed by atoms with Crippen LogP contribution in [0.15, 0.2) is 24.3 Å². The van der Waals surface area contributed by atoms with Crippen molar-refractivity contribution in [1.82, 2.24) is 0 Å². The number of ether oxygens (including phenoxy) is 4. The number of esters is 4. The van der Waals surface area contributed by atoms with Crippen molar-refractivity contribution in [2.24, 2.45) is 17.8 Å². The summed E-state index contributed by atoms with van der Waals surface area (Å²) < 4.78 is 68.7. The molecule has 0 aromatic heterocycles. The standard InChI is InChI=1S/C84H160O17P2/c1-8-10-11-12-13-14-15-16-21-29-34-39-44-53-60-67-83(88)100-79(71-94-81(86)65-58-51-43-38-33-28-23-20-18-17-19-22-26-31-36-41-48-55-62-75(3)4)73-98-102(90,91)96-69-78(85)70-97-103(92,93)99-74-80(72-95-82(87)66-59-52-47-46-49-56-63-76(5)6)101-84(89)68-61-54-45-40-35-30-25-24-27-32-37-42-50-57-64-77(7)9-2/h14-16,21,75-80,85H,8-13,17-20,22-74H2,1-7H3,(H,90,91)(H,92,93)/b15-14-,21-16-/t77?,78-,79-,80-/m1/s1. The van der Waals surface area contributed by atoms with E-state index in [0.29, 0.717) is 31.6 Å². The normalized spacial score (nSPS) is 14.3. The molecule has 0 saturated heterocycles. The number of rotatable bonds is 80. The van der Waals surface area contributed by atoms with E-state index < -0.39 is 97.5 Å². The van der Waals surface area contributed by atoms with Crippen molar-refractivity contribution < 1.29 is 80.2 Å². The molecule has 6 atom stereocenters. The van der Waals surface area contributed by atoms with Gasteiger partial charge in [-0.25, -0.2) is 9.13 Å². The third kappa shape index (κ3) is 76.1. The molecule has 0 aliphatic rings. The number of phosphoric acid groups is 2. The van der Waals surface area contributed by atoms with Crippen molar-refractivity contribution in [2.75, 3.05) is 39.6 Å². The molecule has 0 aliphatic heterocycles. The van der Waals surface area contributed by atoms with Crippen LogP contribution in [0.5, 0.6) is 0 Å². The minimum atomic E-state index is -4.97. The lowest BCUT2D eigenvalue weighted by atomic mass is 9.99. The molecular formula is C84H160O17P2. The minimum Gasteiger partial charge on any atom is -0.462 e. The lowest BCUT2D eigenvalue weighted by Gasteiger charge is -2.21. The summed E-state index contributed by atoms with van der Waals surface area (Å²) in [6.07, 6.45) is 66.2. The number of hydrogen-bond donors (Lipinski definition) is 3. The molecule has 0 aromatic rings. The molecule has 3 N–H and O–H groups in total. The number of aliphatic hydroxyl groups is 1. The fourth-order valence-corrected chi connectivity index (χ4v) is 14.0. The van der Waals surface area contributed by atoms with Crippen LogP contribution in [-0.2, 0) is 65.4 Å². The first kappa shape index (κ1) is 101. The van der Waals surface area contributed by atoms with Gasteiger partial charge in [0, 0.05) is 25.7 Å². The predicted octanol–water partition coefficient (Wildman–Crippen LogP) is 24.9. The Hall–Kier alpha value is -2.46. The topological polar surface area (TPSA) is 237 Å². The van der Waals surface area contributed by atoms with Crippen molar-refractivity contribution in [3.05, 3.63) is 24.3 Å². The first-order chi connectivity index (χ1) is 49.8. The summed E-state index contributed by atoms with van der Waals surface area (Å²) >= 11 is 0. The number of allylic oxidation sites excluding steroid dienone is 4. The van der Waals surface area contributed by atoms with Gasteiger partial charge in [0.2, 0.25) is 0 Å². The van der Waals surface area contributed by atoms with Gasteiger partial charge in [-0.05, 0) is 69.1 Å². The summed E-state index contributed by atoms with van der Waals surface area (Å²) in [6, 6.07) is 0. The van der Waals surface area contributed by atoms with E-state index in [4.69, 9.17) is 37.0 Å². The molecule has 17 nitrogen and oxygen atoms in total. The van der Waals surface area contributed by atoms with Gasteiger partial charge in [-0.3, -0.25) is 37.3 Å². The number of unbranched alkanes of at least 4 members (excludes halogenated alkanes) is 44. The van der Waals surface area contributed by atoms with Gasteiger partial charge in [0.15, 0.2) is 12.2 Å². The van der Waals surface area contributed by atoms with Crippen LogP contribution in [0, 0.1) is 17.8 Å². The summed E-state index contributed by atoms with van der Waals surface area (Å²) in [5, 5.41) is 10.6. The Morgan fingerprint density at radius 3 is 0.864 bits per heavy atom. The maximum absolute atomic E-state index is 13.1. The number of hydrogen-bond acceptors (Lipinski definition) is 15. The van der Waals surface area contributed by atoms with Crippen molar-refractivity contribution in [3.63, 3.8) is 0 Å². The smallest absolute Gasteiger partial charge is 0.462 e. The monoisotopic (exact) mass is 1500 g/mol. The van der Waals surface area contributed by atoms with Crippen LogP contribution in [0.3, 0.4) is 0 Å². The van der Waals surface area contributed by atoms with E-state index in [0.717, 1.165) is 121 Å². The molecule has 0 rings (SSSR count). The van der Waals surface area contributed by atoms with Gasteiger partial charge in [-0.15, -0.1) is 0 Å². The van der Waals surface area contributed by atoms with Crippen LogP contribution < -0.4 is 0 Å². The summed E-state index contributed by atoms with van der Waals surface area (Å²) in [5.74, 6) is 0.203. The molecule has 608 valence electrons. The zero-order chi connectivity index (χ0) is 75.8. The van der Waals surface area contributed by atoms with E-state index in [2.05, 4.69) is 72.8 Å². The Morgan fingerprint density at radius 1 is 0.320 bits per heavy atom. The maximum atomic E-state index is 13.1. The molecule has 103 heavy (non-hydrogen) atoms. The molecule has 0 aliphatic carbocycles. The molecule has 19 heteroatoms. The SMILES string of the molecule is CCCCCC/C=C\C=C/CCCCCCCC(=O)O[C@H](COC(=O)CCCCCCCCCCCCCCCCCCCCC(C)C)COP(=O)(O)OC[C@@H](O)COP(=O)(O)OC[C@@H](COC(=O)CCCCCCCCC(C)C)OC(=O)CCCCCCCCCCCCCCCCC(C)CC. The number of carbonyl (C=O) groups excluding carboxylic acids is 4. The highest BCUT2D eigenvalue weighted by Gasteiger charge is 2.30. The van der Waals surface area contributed by atoms with Gasteiger partial charge in [0.05, 0.1) is 26.4 Å². The second-order valence-electron chi connectivity index (χ2n) is 30.7. The van der Waals surface area contributed by atoms with Gasteiger partial charge >= 0.3 is 39.5 Å². The van der Waals surface area contributed by atoms with E-state index in [-0.39, 0.29) is 25.7 Å². The second kappa shape index (κ2) is 73.7. The van der Waals surface area contributed by atoms with Crippen LogP contribution >= 0.6 is 15.6 Å². The summed E-state index contributed by atoms with van der Waals surface area (Å²) in [6.45, 7) is 11.9. The highest BCUT2D eigenvalue weighted by molar-refractivity contribution is 7.47. The van der Waals surface area contributed by atoms with E-state index in [1.165, 1.54) is 205 Å². The average Bonchev–Trinajstić information content (AvgIpc) is 0.935. The van der Waals surface area contributed by atoms with Crippen LogP contribution in [0.1, 0.15) is 414 Å². The van der Waals surface area contributed by atoms with E-state index in [9.17, 15) is 43.2 Å². The lowest BCUT2D eigenvalue weighted by molar-refractivity contribution is -0.161. The van der Waals surface area contributed by atoms with E-state index in [1.54, 1.807) is 0 Å². The second-order valence-corrected chi connectivity index (χ2v) is 33.6. The van der Waals surface area contributed by atoms with Crippen LogP contribution in [0.4, 0.5) is 0 Å². The quantitative estimate of drug-likeness (QED) is 0.0169. The highest BCUT2D eigenvalue weighted by Crippen LogP contribution is 2.45. The molecule has 0 fully saturated rings. The molecule has 0 spiro atoms. The average molecular weight is 1500 g/mol. The fourth-order valence-electron chi connectivity index (χ4n) is 12.4. The van der Waals surface area contributed by atoms with Crippen LogP contribution in [0.25, 0.3) is 0 Å². The van der Waals surface area contributed by atoms with Crippen molar-refractivity contribution in [2.45, 2.75) is 433 Å². The van der Waals surface area contributed by atoms with E-state index >= 15 is 0 Å². The fraction of sp³-hybridized carbons (Fsp3) is 0.905. The van der Waals surface area contributed by atoms with Gasteiger partial charge in [0.1, 0.15) is 19.3 Å². The first-order valence-electron chi connectivity index (χ1n) is 42.7. The van der Waals surface area contributed by atoms with Crippen molar-refractivity contribution in [3.8, 4) is 0 Å². The molecule has 3 unspecified atom stereocenters. The molecule has 0 aromatic carbocycles. The summed E-state index contributed by atoms with van der Waals surface area (Å²) in [5.41, 5.74) is 0. The number of carbonyl (C=O) groups is 4. The molecule has 0 bridgehead atoms. The Labute approximate surface area is 631 Å². The molecule has 0 radical (unpaired) electrons. The largest absolute Gasteiger partial charge is 0.472 e. The lowest BCUT2D eigenvalue weighted by Crippen LogP contribution is -2.30. The third-order valence-electron chi connectivity index (χ3n) is 19.4. The maximum Gasteiger partial charge on any atom is 0.472 e. The predicted molar refractivity (Wildman–Crippen MR) is 423 cm³/mol. The molecular weight excluding hydrogens is 1340 g/mol. The molecule has 0 saturated carbocycles. The molecule has 0 amide bonds. The third-order valence-corrected chi connectivity index (χ3v) is 21.3. The van der Waals surface area contributed by atoms with E-state index in [1.807, 2.05) is 0 Å². The first-order valence-corrected chi connectivity index (χ1v) is 45.7. The zero-order valence-corrected chi connectivity index (χ0v) is 69.1. The van der Waals surface area contributed by atoms with Gasteiger partial charge in [0.25, 0.3) is 0 Å². The highest BCUT2D eigenvalue weighted by atomic mass is 31.2. The zero-order valence-electron chi connectivity index (χ0n) is 67.3. The van der Waals surface area contributed by atoms with Gasteiger partial charge in [-0.2, -0.15) is 0 Å². The Kier molecular flexibility index (Phi) is 71.9. The van der Waals surface area contributed by atoms with Crippen LogP contribution in [-0.4, -0.2) is 96.7 Å². The Morgan fingerprint density at radius 2 is 0.573 bits per heavy atom. The number of phosphoric ester groups is 2. The van der Waals surface area contributed by atoms with Crippen molar-refractivity contribution >= 4 is 39.5 Å². The molecule has 0 heterocycles. The van der Waals surface area contributed by atoms with Crippen molar-refractivity contribution in [1.29, 1.82) is 0 Å².